The van der Waals surface area contributed by atoms with Crippen LogP contribution in [0.1, 0.15) is 28.4 Å². The molecule has 0 aliphatic carbocycles. The molecule has 0 spiro atoms. The lowest BCUT2D eigenvalue weighted by Gasteiger charge is -2.07. The number of nitrogens with one attached hydrogen (secondary N) is 1. The molecule has 0 atom stereocenters. The fraction of sp³-hybridized carbons (Fsp3) is 0.100. The van der Waals surface area contributed by atoms with Crippen LogP contribution in [-0.4, -0.2) is 11.8 Å². The topological polar surface area (TPSA) is 76.2 Å². The lowest BCUT2D eigenvalue weighted by Crippen LogP contribution is -2.10. The van der Waals surface area contributed by atoms with Crippen molar-refractivity contribution < 1.29 is 9.53 Å². The number of carbonyl (C=O) groups excluding carboxylic acids is 1. The minimum absolute atomic E-state index is 0.0305. The molecule has 3 rings (SSSR count). The van der Waals surface area contributed by atoms with Gasteiger partial charge >= 0.3 is 5.97 Å². The highest BCUT2D eigenvalue weighted by Crippen LogP contribution is 2.23. The van der Waals surface area contributed by atoms with E-state index in [9.17, 15) is 4.79 Å². The van der Waals surface area contributed by atoms with E-state index in [0.29, 0.717) is 16.9 Å². The summed E-state index contributed by atoms with van der Waals surface area (Å²) in [5, 5.41) is 9.34. The van der Waals surface area contributed by atoms with Crippen molar-refractivity contribution in [2.75, 3.05) is 0 Å². The number of carbonyl (C=O) groups is 1. The Bertz CT molecular complexity index is 915. The minimum Gasteiger partial charge on any atom is -0.423 e. The highest BCUT2D eigenvalue weighted by molar-refractivity contribution is 5.99. The van der Waals surface area contributed by atoms with Gasteiger partial charge in [0.05, 0.1) is 5.56 Å². The van der Waals surface area contributed by atoms with Gasteiger partial charge in [0, 0.05) is 5.56 Å². The quantitative estimate of drug-likeness (QED) is 0.331. The molecule has 0 saturated carbocycles. The van der Waals surface area contributed by atoms with Crippen molar-refractivity contribution in [2.45, 2.75) is 13.3 Å². The van der Waals surface area contributed by atoms with Crippen LogP contribution in [0.3, 0.4) is 0 Å². The van der Waals surface area contributed by atoms with Crippen LogP contribution in [0.2, 0.25) is 0 Å². The molecule has 0 amide bonds. The van der Waals surface area contributed by atoms with Crippen LogP contribution in [0.4, 0.5) is 0 Å². The van der Waals surface area contributed by atoms with E-state index in [1.165, 1.54) is 5.56 Å². The zero-order valence-electron chi connectivity index (χ0n) is 13.4. The van der Waals surface area contributed by atoms with Gasteiger partial charge in [0.25, 0.3) is 0 Å². The molecule has 0 radical (unpaired) electrons. The molecule has 0 bridgehead atoms. The summed E-state index contributed by atoms with van der Waals surface area (Å²) in [6.07, 6.45) is 0.933. The van der Waals surface area contributed by atoms with Crippen molar-refractivity contribution in [3.63, 3.8) is 0 Å². The highest BCUT2D eigenvalue weighted by Gasteiger charge is 2.09. The number of fused-ring (bicyclic) bond motifs is 1. The van der Waals surface area contributed by atoms with Gasteiger partial charge in [-0.2, -0.15) is 0 Å². The molecule has 24 heavy (non-hydrogen) atoms. The van der Waals surface area contributed by atoms with Gasteiger partial charge in [-0.25, -0.2) is 4.79 Å². The van der Waals surface area contributed by atoms with Crippen molar-refractivity contribution in [3.05, 3.63) is 77.4 Å². The number of benzene rings is 3. The van der Waals surface area contributed by atoms with Gasteiger partial charge in [0.1, 0.15) is 11.6 Å². The molecule has 0 saturated heterocycles. The summed E-state index contributed by atoms with van der Waals surface area (Å²) >= 11 is 0. The molecule has 0 fully saturated rings. The second kappa shape index (κ2) is 6.54. The molecule has 3 aromatic rings. The van der Waals surface area contributed by atoms with E-state index < -0.39 is 0 Å². The Balaban J connectivity index is 1.82. The monoisotopic (exact) mass is 318 g/mol. The maximum absolute atomic E-state index is 12.2. The Morgan fingerprint density at radius 1 is 0.958 bits per heavy atom. The van der Waals surface area contributed by atoms with Crippen LogP contribution in [0.15, 0.2) is 60.7 Å². The number of rotatable bonds is 4. The third-order valence-electron chi connectivity index (χ3n) is 3.93. The lowest BCUT2D eigenvalue weighted by molar-refractivity contribution is 0.0735. The Labute approximate surface area is 140 Å². The van der Waals surface area contributed by atoms with Gasteiger partial charge in [-0.3, -0.25) is 5.41 Å². The number of hydrogen-bond acceptors (Lipinski definition) is 3. The molecular weight excluding hydrogens is 300 g/mol. The Hall–Kier alpha value is -3.14. The predicted octanol–water partition coefficient (Wildman–Crippen LogP) is 3.91. The third-order valence-corrected chi connectivity index (χ3v) is 3.93. The van der Waals surface area contributed by atoms with E-state index in [1.807, 2.05) is 30.3 Å². The summed E-state index contributed by atoms with van der Waals surface area (Å²) in [6.45, 7) is 2.07. The maximum Gasteiger partial charge on any atom is 0.343 e. The predicted molar refractivity (Wildman–Crippen MR) is 95.7 cm³/mol. The molecule has 4 nitrogen and oxygen atoms in total. The number of hydrogen-bond donors (Lipinski definition) is 2. The molecule has 0 aliphatic rings. The number of amidine groups is 1. The number of ether oxygens (including phenoxy) is 1. The van der Waals surface area contributed by atoms with Crippen LogP contribution >= 0.6 is 0 Å². The summed E-state index contributed by atoms with van der Waals surface area (Å²) in [4.78, 5) is 12.2. The fourth-order valence-electron chi connectivity index (χ4n) is 2.50. The molecule has 0 aliphatic heterocycles. The van der Waals surface area contributed by atoms with Gasteiger partial charge in [-0.05, 0) is 53.1 Å². The normalized spacial score (nSPS) is 10.5. The molecule has 3 N–H and O–H groups in total. The molecule has 0 aromatic heterocycles. The number of esters is 1. The molecule has 0 heterocycles. The number of nitrogen functional groups attached to an aromatic ring is 1. The minimum atomic E-state index is -0.377. The van der Waals surface area contributed by atoms with Gasteiger partial charge in [-0.1, -0.05) is 37.3 Å². The van der Waals surface area contributed by atoms with Crippen LogP contribution in [0, 0.1) is 5.41 Å². The SMILES string of the molecule is CCc1ccc(C(=O)Oc2ccc3cc(C(=N)N)ccc3c2)cc1. The number of nitrogens with two attached hydrogens (primary N) is 1. The summed E-state index contributed by atoms with van der Waals surface area (Å²) < 4.78 is 5.45. The van der Waals surface area contributed by atoms with Gasteiger partial charge in [0.2, 0.25) is 0 Å². The first-order valence-electron chi connectivity index (χ1n) is 7.76. The third kappa shape index (κ3) is 3.27. The first kappa shape index (κ1) is 15.7. The fourth-order valence-corrected chi connectivity index (χ4v) is 2.50. The Morgan fingerprint density at radius 3 is 2.25 bits per heavy atom. The smallest absolute Gasteiger partial charge is 0.343 e. The zero-order valence-corrected chi connectivity index (χ0v) is 13.4. The van der Waals surface area contributed by atoms with Crippen molar-refractivity contribution in [2.24, 2.45) is 5.73 Å². The van der Waals surface area contributed by atoms with Gasteiger partial charge in [-0.15, -0.1) is 0 Å². The summed E-state index contributed by atoms with van der Waals surface area (Å²) in [7, 11) is 0. The van der Waals surface area contributed by atoms with E-state index in [2.05, 4.69) is 6.92 Å². The molecule has 0 unspecified atom stereocenters. The number of aryl methyl sites for hydroxylation is 1. The first-order valence-corrected chi connectivity index (χ1v) is 7.76. The maximum atomic E-state index is 12.2. The Morgan fingerprint density at radius 2 is 1.58 bits per heavy atom. The highest BCUT2D eigenvalue weighted by atomic mass is 16.5. The van der Waals surface area contributed by atoms with E-state index in [-0.39, 0.29) is 11.8 Å². The molecular formula is C20H18N2O2. The van der Waals surface area contributed by atoms with Crippen LogP contribution in [-0.2, 0) is 6.42 Å². The average Bonchev–Trinajstić information content (AvgIpc) is 2.61. The van der Waals surface area contributed by atoms with Crippen LogP contribution in [0.5, 0.6) is 5.75 Å². The largest absolute Gasteiger partial charge is 0.423 e. The second-order valence-corrected chi connectivity index (χ2v) is 5.58. The van der Waals surface area contributed by atoms with E-state index >= 15 is 0 Å². The molecule has 120 valence electrons. The van der Waals surface area contributed by atoms with Crippen molar-refractivity contribution >= 4 is 22.6 Å². The van der Waals surface area contributed by atoms with E-state index in [1.54, 1.807) is 30.3 Å². The zero-order chi connectivity index (χ0) is 17.1. The molecule has 3 aromatic carbocycles. The first-order chi connectivity index (χ1) is 11.6. The lowest BCUT2D eigenvalue weighted by atomic mass is 10.1. The second-order valence-electron chi connectivity index (χ2n) is 5.58. The van der Waals surface area contributed by atoms with Crippen molar-refractivity contribution in [3.8, 4) is 5.75 Å². The van der Waals surface area contributed by atoms with Crippen LogP contribution in [0.25, 0.3) is 10.8 Å². The summed E-state index contributed by atoms with van der Waals surface area (Å²) in [5.74, 6) is 0.142. The summed E-state index contributed by atoms with van der Waals surface area (Å²) in [6, 6.07) is 18.3. The van der Waals surface area contributed by atoms with Crippen LogP contribution < -0.4 is 10.5 Å². The van der Waals surface area contributed by atoms with Crippen molar-refractivity contribution in [1.82, 2.24) is 0 Å². The Kier molecular flexibility index (Phi) is 4.29. The standard InChI is InChI=1S/C20H18N2O2/c1-2-13-3-5-14(6-4-13)20(23)24-18-10-9-15-11-17(19(21)22)8-7-16(15)12-18/h3-12H,2H2,1H3,(H3,21,22). The van der Waals surface area contributed by atoms with E-state index in [4.69, 9.17) is 15.9 Å². The summed E-state index contributed by atoms with van der Waals surface area (Å²) in [5.41, 5.74) is 7.88. The van der Waals surface area contributed by atoms with E-state index in [0.717, 1.165) is 17.2 Å². The van der Waals surface area contributed by atoms with Crippen molar-refractivity contribution in [1.29, 1.82) is 5.41 Å². The van der Waals surface area contributed by atoms with Gasteiger partial charge in [0.15, 0.2) is 0 Å². The molecule has 4 heteroatoms. The van der Waals surface area contributed by atoms with Gasteiger partial charge < -0.3 is 10.5 Å². The average molecular weight is 318 g/mol.